The highest BCUT2D eigenvalue weighted by molar-refractivity contribution is 6.31. The first-order chi connectivity index (χ1) is 20.3. The summed E-state index contributed by atoms with van der Waals surface area (Å²) in [5, 5.41) is 1.05. The second-order valence-corrected chi connectivity index (χ2v) is 10.9. The van der Waals surface area contributed by atoms with Crippen LogP contribution in [0.3, 0.4) is 0 Å². The first kappa shape index (κ1) is 31.3. The number of methoxy groups -OCH3 is 1. The molecule has 2 N–H and O–H groups in total. The Labute approximate surface area is 257 Å². The Kier molecular flexibility index (Phi) is 10.8. The number of benzene rings is 4. The summed E-state index contributed by atoms with van der Waals surface area (Å²) in [6.07, 6.45) is 0.278. The van der Waals surface area contributed by atoms with Gasteiger partial charge in [-0.25, -0.2) is 0 Å². The van der Waals surface area contributed by atoms with Crippen molar-refractivity contribution in [3.63, 3.8) is 0 Å². The van der Waals surface area contributed by atoms with Crippen molar-refractivity contribution in [3.8, 4) is 0 Å². The van der Waals surface area contributed by atoms with Gasteiger partial charge in [0.15, 0.2) is 5.60 Å². The predicted molar refractivity (Wildman–Crippen MR) is 166 cm³/mol. The van der Waals surface area contributed by atoms with Crippen LogP contribution in [0.1, 0.15) is 28.7 Å². The Balaban J connectivity index is 1.76. The third-order valence-electron chi connectivity index (χ3n) is 7.23. The summed E-state index contributed by atoms with van der Waals surface area (Å²) in [5.74, 6) is -0.853. The van der Waals surface area contributed by atoms with Crippen LogP contribution in [-0.2, 0) is 31.1 Å². The third kappa shape index (κ3) is 7.20. The third-order valence-corrected chi connectivity index (χ3v) is 7.81. The zero-order valence-corrected chi connectivity index (χ0v) is 25.1. The highest BCUT2D eigenvalue weighted by atomic mass is 35.5. The molecule has 218 valence electrons. The van der Waals surface area contributed by atoms with Gasteiger partial charge in [0.25, 0.3) is 0 Å². The SMILES string of the molecule is COC[C@H](N)C(=O)N(C)[C@H](CC(=O)OC(c1ccccc1)(c1ccccc1)c1ccccc1Cl)Cc1ccc(Cl)cc1. The van der Waals surface area contributed by atoms with E-state index in [0.717, 1.165) is 16.7 Å². The van der Waals surface area contributed by atoms with E-state index >= 15 is 0 Å². The van der Waals surface area contributed by atoms with E-state index in [9.17, 15) is 9.59 Å². The molecule has 42 heavy (non-hydrogen) atoms. The Hall–Kier alpha value is -3.68. The minimum absolute atomic E-state index is 0.0545. The molecule has 0 saturated carbocycles. The average Bonchev–Trinajstić information content (AvgIpc) is 3.01. The van der Waals surface area contributed by atoms with Gasteiger partial charge in [0.1, 0.15) is 6.04 Å². The van der Waals surface area contributed by atoms with E-state index in [4.69, 9.17) is 38.4 Å². The van der Waals surface area contributed by atoms with Crippen molar-refractivity contribution in [2.75, 3.05) is 20.8 Å². The molecule has 0 aliphatic carbocycles. The number of likely N-dealkylation sites (N-methyl/N-ethyl adjacent to an activating group) is 1. The second kappa shape index (κ2) is 14.5. The van der Waals surface area contributed by atoms with Gasteiger partial charge in [-0.15, -0.1) is 0 Å². The van der Waals surface area contributed by atoms with Gasteiger partial charge in [-0.1, -0.05) is 114 Å². The first-order valence-corrected chi connectivity index (χ1v) is 14.4. The minimum Gasteiger partial charge on any atom is -0.444 e. The number of ether oxygens (including phenoxy) is 2. The van der Waals surface area contributed by atoms with Crippen molar-refractivity contribution in [1.29, 1.82) is 0 Å². The lowest BCUT2D eigenvalue weighted by Gasteiger charge is -2.37. The van der Waals surface area contributed by atoms with E-state index in [1.807, 2.05) is 91.0 Å². The number of hydrogen-bond acceptors (Lipinski definition) is 5. The van der Waals surface area contributed by atoms with Crippen LogP contribution < -0.4 is 5.73 Å². The number of nitrogens with two attached hydrogens (primary N) is 1. The van der Waals surface area contributed by atoms with Gasteiger partial charge in [-0.3, -0.25) is 9.59 Å². The number of amides is 1. The van der Waals surface area contributed by atoms with Gasteiger partial charge in [0, 0.05) is 46.9 Å². The fourth-order valence-electron chi connectivity index (χ4n) is 5.08. The first-order valence-electron chi connectivity index (χ1n) is 13.6. The monoisotopic (exact) mass is 604 g/mol. The standard InChI is InChI=1S/C34H34Cl2N2O4/c1-38(33(40)31(37)23-41-2)28(21-24-17-19-27(35)20-18-24)22-32(39)42-34(25-11-5-3-6-12-25,26-13-7-4-8-14-26)29-15-9-10-16-30(29)36/h3-20,28,31H,21-23,37H2,1-2H3/t28-,31-/m0/s1. The van der Waals surface area contributed by atoms with Crippen LogP contribution >= 0.6 is 23.2 Å². The van der Waals surface area contributed by atoms with Crippen molar-refractivity contribution in [1.82, 2.24) is 4.90 Å². The summed E-state index contributed by atoms with van der Waals surface area (Å²) in [4.78, 5) is 28.8. The molecule has 1 amide bonds. The molecule has 0 heterocycles. The lowest BCUT2D eigenvalue weighted by atomic mass is 9.80. The summed E-state index contributed by atoms with van der Waals surface area (Å²) in [7, 11) is 3.12. The summed E-state index contributed by atoms with van der Waals surface area (Å²) in [6.45, 7) is 0.0545. The molecule has 4 aromatic rings. The summed E-state index contributed by atoms with van der Waals surface area (Å²) in [6, 6.07) is 32.2. The summed E-state index contributed by atoms with van der Waals surface area (Å²) >= 11 is 12.9. The summed E-state index contributed by atoms with van der Waals surface area (Å²) < 4.78 is 11.7. The molecule has 0 aliphatic rings. The molecule has 2 atom stereocenters. The molecule has 0 aliphatic heterocycles. The van der Waals surface area contributed by atoms with Crippen LogP contribution in [0.25, 0.3) is 0 Å². The minimum atomic E-state index is -1.35. The number of rotatable bonds is 12. The van der Waals surface area contributed by atoms with Crippen LogP contribution in [0.5, 0.6) is 0 Å². The van der Waals surface area contributed by atoms with Gasteiger partial charge >= 0.3 is 5.97 Å². The molecule has 0 aromatic heterocycles. The zero-order valence-electron chi connectivity index (χ0n) is 23.6. The normalized spacial score (nSPS) is 12.8. The van der Waals surface area contributed by atoms with Gasteiger partial charge in [-0.05, 0) is 30.2 Å². The van der Waals surface area contributed by atoms with E-state index in [2.05, 4.69) is 0 Å². The lowest BCUT2D eigenvalue weighted by Crippen LogP contribution is -2.50. The molecule has 0 unspecified atom stereocenters. The summed E-state index contributed by atoms with van der Waals surface area (Å²) in [5.41, 5.74) is 7.74. The molecule has 0 spiro atoms. The molecule has 8 heteroatoms. The van der Waals surface area contributed by atoms with Gasteiger partial charge in [0.05, 0.1) is 13.0 Å². The smallest absolute Gasteiger partial charge is 0.309 e. The zero-order chi connectivity index (χ0) is 30.1. The maximum Gasteiger partial charge on any atom is 0.309 e. The molecular weight excluding hydrogens is 571 g/mol. The van der Waals surface area contributed by atoms with Crippen molar-refractivity contribution < 1.29 is 19.1 Å². The van der Waals surface area contributed by atoms with E-state index in [1.165, 1.54) is 12.0 Å². The van der Waals surface area contributed by atoms with Crippen LogP contribution in [-0.4, -0.2) is 49.6 Å². The van der Waals surface area contributed by atoms with Crippen molar-refractivity contribution in [2.45, 2.75) is 30.5 Å². The number of carbonyl (C=O) groups is 2. The fourth-order valence-corrected chi connectivity index (χ4v) is 5.47. The van der Waals surface area contributed by atoms with Crippen LogP contribution in [0, 0.1) is 0 Å². The topological polar surface area (TPSA) is 81.9 Å². The molecule has 4 aromatic carbocycles. The number of carbonyl (C=O) groups excluding carboxylic acids is 2. The quantitative estimate of drug-likeness (QED) is 0.152. The van der Waals surface area contributed by atoms with E-state index in [1.54, 1.807) is 25.2 Å². The Bertz CT molecular complexity index is 1430. The lowest BCUT2D eigenvalue weighted by molar-refractivity contribution is -0.155. The predicted octanol–water partition coefficient (Wildman–Crippen LogP) is 6.26. The fraction of sp³-hybridized carbons (Fsp3) is 0.235. The Morgan fingerprint density at radius 3 is 1.93 bits per heavy atom. The number of nitrogens with zero attached hydrogens (tertiary/aromatic N) is 1. The molecule has 4 rings (SSSR count). The van der Waals surface area contributed by atoms with E-state index in [0.29, 0.717) is 22.0 Å². The van der Waals surface area contributed by atoms with E-state index < -0.39 is 23.7 Å². The molecule has 0 fully saturated rings. The molecule has 0 bridgehead atoms. The Morgan fingerprint density at radius 1 is 0.833 bits per heavy atom. The van der Waals surface area contributed by atoms with Gasteiger partial charge in [-0.2, -0.15) is 0 Å². The number of hydrogen-bond donors (Lipinski definition) is 1. The number of halogens is 2. The molecule has 6 nitrogen and oxygen atoms in total. The molecule has 0 radical (unpaired) electrons. The van der Waals surface area contributed by atoms with Crippen LogP contribution in [0.15, 0.2) is 109 Å². The van der Waals surface area contributed by atoms with Crippen LogP contribution in [0.2, 0.25) is 10.0 Å². The number of esters is 1. The maximum atomic E-state index is 14.1. The molecular formula is C34H34Cl2N2O4. The molecule has 0 saturated heterocycles. The van der Waals surface area contributed by atoms with Crippen LogP contribution in [0.4, 0.5) is 0 Å². The Morgan fingerprint density at radius 2 is 1.38 bits per heavy atom. The highest BCUT2D eigenvalue weighted by Crippen LogP contribution is 2.43. The van der Waals surface area contributed by atoms with Crippen molar-refractivity contribution in [2.24, 2.45) is 5.73 Å². The second-order valence-electron chi connectivity index (χ2n) is 10.1. The maximum absolute atomic E-state index is 14.1. The van der Waals surface area contributed by atoms with Gasteiger partial charge in [0.2, 0.25) is 5.91 Å². The van der Waals surface area contributed by atoms with E-state index in [-0.39, 0.29) is 18.9 Å². The highest BCUT2D eigenvalue weighted by Gasteiger charge is 2.42. The van der Waals surface area contributed by atoms with Crippen molar-refractivity contribution >= 4 is 35.1 Å². The average molecular weight is 606 g/mol. The van der Waals surface area contributed by atoms with Gasteiger partial charge < -0.3 is 20.1 Å². The van der Waals surface area contributed by atoms with Crippen molar-refractivity contribution in [3.05, 3.63) is 141 Å². The largest absolute Gasteiger partial charge is 0.444 e.